The third-order valence-corrected chi connectivity index (χ3v) is 11.6. The summed E-state index contributed by atoms with van der Waals surface area (Å²) in [6.07, 6.45) is 13.5. The number of halogens is 2. The van der Waals surface area contributed by atoms with Gasteiger partial charge in [0.05, 0.1) is 11.1 Å². The van der Waals surface area contributed by atoms with E-state index in [-0.39, 0.29) is 22.8 Å². The monoisotopic (exact) mass is 724 g/mol. The van der Waals surface area contributed by atoms with Crippen molar-refractivity contribution in [2.45, 2.75) is 30.4 Å². The van der Waals surface area contributed by atoms with Gasteiger partial charge >= 0.3 is 7.09 Å². The van der Waals surface area contributed by atoms with E-state index in [2.05, 4.69) is 19.9 Å². The lowest BCUT2D eigenvalue weighted by Crippen LogP contribution is -2.50. The molecule has 2 aliphatic carbocycles. The average molecular weight is 724 g/mol. The molecule has 4 atom stereocenters. The van der Waals surface area contributed by atoms with Crippen LogP contribution in [0.15, 0.2) is 61.2 Å². The minimum Gasteiger partial charge on any atom is -0.345 e. The first kappa shape index (κ1) is 25.7. The molecule has 0 bridgehead atoms. The number of H-pyrrole nitrogens is 2. The zero-order valence-corrected chi connectivity index (χ0v) is 23.3. The number of aromatic nitrogens is 4. The third kappa shape index (κ3) is 3.78. The summed E-state index contributed by atoms with van der Waals surface area (Å²) in [4.78, 5) is 36.7. The van der Waals surface area contributed by atoms with Gasteiger partial charge in [0.15, 0.2) is 9.84 Å². The molecule has 0 aliphatic heterocycles. The van der Waals surface area contributed by atoms with Crippen LogP contribution in [-0.2, 0) is 9.84 Å². The molecule has 0 amide bonds. The molecular weight excluding hydrogens is 706 g/mol. The Labute approximate surface area is 226 Å². The number of sulfone groups is 1. The largest absolute Gasteiger partial charge is 0.345 e. The van der Waals surface area contributed by atoms with Crippen LogP contribution in [-0.4, -0.2) is 54.8 Å². The molecular formula is C20H18I2N6O6S. The Morgan fingerprint density at radius 3 is 1.46 bits per heavy atom. The maximum absolute atomic E-state index is 14.2. The molecule has 0 unspecified atom stereocenters. The van der Waals surface area contributed by atoms with Gasteiger partial charge in [-0.2, -0.15) is 0 Å². The highest BCUT2D eigenvalue weighted by Crippen LogP contribution is 2.49. The van der Waals surface area contributed by atoms with Crippen molar-refractivity contribution in [3.63, 3.8) is 0 Å². The van der Waals surface area contributed by atoms with Crippen LogP contribution in [0, 0.1) is 20.2 Å². The number of nitro groups is 2. The van der Waals surface area contributed by atoms with E-state index in [4.69, 9.17) is 0 Å². The second-order valence-corrected chi connectivity index (χ2v) is 14.4. The van der Waals surface area contributed by atoms with Crippen molar-refractivity contribution in [1.29, 1.82) is 0 Å². The Bertz CT molecular complexity index is 1330. The summed E-state index contributed by atoms with van der Waals surface area (Å²) < 4.78 is 21.5. The van der Waals surface area contributed by atoms with Crippen molar-refractivity contribution in [2.75, 3.05) is 0 Å². The molecule has 2 aliphatic rings. The van der Waals surface area contributed by atoms with Crippen LogP contribution in [0.3, 0.4) is 0 Å². The van der Waals surface area contributed by atoms with Gasteiger partial charge in [0.1, 0.15) is 21.1 Å². The van der Waals surface area contributed by atoms with E-state index < -0.39 is 36.3 Å². The van der Waals surface area contributed by atoms with Crippen molar-refractivity contribution in [3.8, 4) is 0 Å². The molecule has 0 saturated heterocycles. The van der Waals surface area contributed by atoms with Crippen LogP contribution in [0.4, 0.5) is 0 Å². The highest BCUT2D eigenvalue weighted by molar-refractivity contribution is 14.1. The summed E-state index contributed by atoms with van der Waals surface area (Å²) in [5.74, 6) is 0.329. The zero-order valence-electron chi connectivity index (χ0n) is 18.2. The topological polar surface area (TPSA) is 178 Å². The number of nitrogens with zero attached hydrogens (tertiary/aromatic N) is 4. The number of nitrogens with one attached hydrogen (secondary N) is 2. The Morgan fingerprint density at radius 1 is 0.800 bits per heavy atom. The SMILES string of the molecule is C[C@]1(S(=O)(=O)[C@]2(C)C=C[C@](I)([N+](=O)[O-])C(c3ncc[nH]3)=C2)C=C[C@@](I)([N+](=O)[O-])C(c2ncc[nH]2)=C1. The second-order valence-electron chi connectivity index (χ2n) is 8.39. The highest BCUT2D eigenvalue weighted by atomic mass is 127. The van der Waals surface area contributed by atoms with Gasteiger partial charge in [0.2, 0.25) is 0 Å². The van der Waals surface area contributed by atoms with Crippen molar-refractivity contribution in [2.24, 2.45) is 0 Å². The van der Waals surface area contributed by atoms with Crippen molar-refractivity contribution in [1.82, 2.24) is 19.9 Å². The van der Waals surface area contributed by atoms with E-state index in [9.17, 15) is 28.6 Å². The molecule has 0 spiro atoms. The van der Waals surface area contributed by atoms with E-state index in [0.717, 1.165) is 0 Å². The lowest BCUT2D eigenvalue weighted by Gasteiger charge is -2.38. The number of rotatable bonds is 6. The van der Waals surface area contributed by atoms with E-state index in [1.807, 2.05) is 0 Å². The van der Waals surface area contributed by atoms with Crippen LogP contribution >= 0.6 is 45.2 Å². The summed E-state index contributed by atoms with van der Waals surface area (Å²) in [6, 6.07) is 0. The Hall–Kier alpha value is -2.41. The number of hydrogen-bond acceptors (Lipinski definition) is 8. The van der Waals surface area contributed by atoms with Crippen molar-refractivity contribution in [3.05, 3.63) is 93.1 Å². The molecule has 15 heteroatoms. The fraction of sp³-hybridized carbons (Fsp3) is 0.300. The molecule has 4 rings (SSSR count). The standard InChI is InChI=1S/C20H18I2N6O6S/c1-17(3-5-19(21,27(29)30)13(11-17)15-23-7-8-24-15)35(33,34)18(2)4-6-20(22,28(31)32)14(12-18)16-25-9-10-26-16/h3-12H,1-2H3,(H,23,24)(H,25,26)/t17-,18+,19+,20-. The molecule has 2 heterocycles. The Kier molecular flexibility index (Phi) is 6.11. The van der Waals surface area contributed by atoms with Gasteiger partial charge in [-0.25, -0.2) is 18.4 Å². The van der Waals surface area contributed by atoms with E-state index >= 15 is 0 Å². The third-order valence-electron chi connectivity index (χ3n) is 6.08. The first-order chi connectivity index (χ1) is 16.2. The summed E-state index contributed by atoms with van der Waals surface area (Å²) in [5, 5.41) is 23.9. The van der Waals surface area contributed by atoms with Crippen LogP contribution in [0.2, 0.25) is 0 Å². The molecule has 0 fully saturated rings. The maximum Gasteiger partial charge on any atom is 0.315 e. The summed E-state index contributed by atoms with van der Waals surface area (Å²) in [5.41, 5.74) is 0.155. The molecule has 2 aromatic rings. The van der Waals surface area contributed by atoms with Crippen LogP contribution in [0.25, 0.3) is 11.1 Å². The summed E-state index contributed by atoms with van der Waals surface area (Å²) in [6.45, 7) is 2.85. The summed E-state index contributed by atoms with van der Waals surface area (Å²) >= 11 is 3.29. The maximum atomic E-state index is 14.2. The molecule has 0 radical (unpaired) electrons. The van der Waals surface area contributed by atoms with Gasteiger partial charge in [-0.1, -0.05) is 12.2 Å². The molecule has 35 heavy (non-hydrogen) atoms. The fourth-order valence-corrected chi connectivity index (χ4v) is 7.19. The fourth-order valence-electron chi connectivity index (χ4n) is 4.02. The smallest absolute Gasteiger partial charge is 0.315 e. The van der Waals surface area contributed by atoms with Gasteiger partial charge in [-0.05, 0) is 26.0 Å². The molecule has 0 saturated carbocycles. The average Bonchev–Trinajstić information content (AvgIpc) is 3.51. The van der Waals surface area contributed by atoms with Crippen LogP contribution in [0.1, 0.15) is 25.5 Å². The zero-order chi connectivity index (χ0) is 25.9. The Balaban J connectivity index is 1.91. The number of aromatic amines is 2. The van der Waals surface area contributed by atoms with E-state index in [1.54, 1.807) is 45.2 Å². The predicted octanol–water partition coefficient (Wildman–Crippen LogP) is 3.49. The van der Waals surface area contributed by atoms with Crippen molar-refractivity contribution >= 4 is 66.2 Å². The second kappa shape index (κ2) is 8.32. The number of hydrogen-bond donors (Lipinski definition) is 2. The minimum atomic E-state index is -4.25. The summed E-state index contributed by atoms with van der Waals surface area (Å²) in [7, 11) is -4.25. The molecule has 2 N–H and O–H groups in total. The van der Waals surface area contributed by atoms with E-state index in [1.165, 1.54) is 75.1 Å². The number of alkyl halides is 2. The van der Waals surface area contributed by atoms with Gasteiger partial charge < -0.3 is 9.97 Å². The number of imidazole rings is 2. The van der Waals surface area contributed by atoms with Gasteiger partial charge in [0.25, 0.3) is 0 Å². The highest BCUT2D eigenvalue weighted by Gasteiger charge is 2.57. The van der Waals surface area contributed by atoms with Crippen molar-refractivity contribution < 1.29 is 18.3 Å². The molecule has 0 aromatic carbocycles. The first-order valence-electron chi connectivity index (χ1n) is 9.98. The molecule has 184 valence electrons. The molecule has 12 nitrogen and oxygen atoms in total. The molecule has 2 aromatic heterocycles. The lowest BCUT2D eigenvalue weighted by molar-refractivity contribution is -0.501. The predicted molar refractivity (Wildman–Crippen MR) is 145 cm³/mol. The van der Waals surface area contributed by atoms with Gasteiger partial charge in [0, 0.05) is 92.0 Å². The van der Waals surface area contributed by atoms with E-state index in [0.29, 0.717) is 0 Å². The lowest BCUT2D eigenvalue weighted by atomic mass is 9.92. The minimum absolute atomic E-state index is 0.0776. The first-order valence-corrected chi connectivity index (χ1v) is 13.6. The normalized spacial score (nSPS) is 32.7. The van der Waals surface area contributed by atoms with Gasteiger partial charge in [-0.3, -0.25) is 20.2 Å². The Morgan fingerprint density at radius 2 is 1.17 bits per heavy atom. The quantitative estimate of drug-likeness (QED) is 0.114. The van der Waals surface area contributed by atoms with Gasteiger partial charge in [-0.15, -0.1) is 0 Å². The van der Waals surface area contributed by atoms with Crippen LogP contribution in [0.5, 0.6) is 0 Å². The van der Waals surface area contributed by atoms with Crippen LogP contribution < -0.4 is 0 Å².